The lowest BCUT2D eigenvalue weighted by molar-refractivity contribution is 0.602. The number of imidazole rings is 1. The van der Waals surface area contributed by atoms with Gasteiger partial charge in [-0.2, -0.15) is 0 Å². The van der Waals surface area contributed by atoms with Crippen LogP contribution in [0.3, 0.4) is 0 Å². The molecule has 0 bridgehead atoms. The number of hydrogen-bond acceptors (Lipinski definition) is 4. The van der Waals surface area contributed by atoms with Crippen LogP contribution in [-0.2, 0) is 22.9 Å². The molecule has 0 amide bonds. The first-order valence-corrected chi connectivity index (χ1v) is 11.4. The van der Waals surface area contributed by atoms with Gasteiger partial charge >= 0.3 is 0 Å². The van der Waals surface area contributed by atoms with Gasteiger partial charge in [0, 0.05) is 32.9 Å². The van der Waals surface area contributed by atoms with Crippen molar-refractivity contribution in [2.75, 3.05) is 19.8 Å². The largest absolute Gasteiger partial charge is 0.356 e. The minimum Gasteiger partial charge on any atom is -0.356 e. The minimum absolute atomic E-state index is 0.325. The summed E-state index contributed by atoms with van der Waals surface area (Å²) in [7, 11) is -1.44. The zero-order valence-electron chi connectivity index (χ0n) is 17.0. The van der Waals surface area contributed by atoms with Crippen LogP contribution in [0.2, 0.25) is 0 Å². The molecule has 0 aliphatic rings. The number of aromatic nitrogens is 2. The number of guanidine groups is 1. The molecule has 0 spiro atoms. The summed E-state index contributed by atoms with van der Waals surface area (Å²) in [6.07, 6.45) is 2.14. The molecule has 3 aromatic rings. The SMILES string of the molecule is CN=C(NCCCn1c(C)nc2ccccc21)NCc1ccc(S(C)(=O)=O)cc1. The van der Waals surface area contributed by atoms with E-state index in [-0.39, 0.29) is 0 Å². The standard InChI is InChI=1S/C21H27N5O2S/c1-16-25-19-7-4-5-8-20(19)26(16)14-6-13-23-21(22-2)24-15-17-9-11-18(12-10-17)29(3,27)28/h4-5,7-12H,6,13-15H2,1-3H3,(H2,22,23,24). The average molecular weight is 414 g/mol. The van der Waals surface area contributed by atoms with Crippen LogP contribution < -0.4 is 10.6 Å². The lowest BCUT2D eigenvalue weighted by Crippen LogP contribution is -2.37. The molecule has 0 fully saturated rings. The number of fused-ring (bicyclic) bond motifs is 1. The quantitative estimate of drug-likeness (QED) is 0.353. The van der Waals surface area contributed by atoms with Crippen molar-refractivity contribution < 1.29 is 8.42 Å². The highest BCUT2D eigenvalue weighted by atomic mass is 32.2. The maximum absolute atomic E-state index is 11.5. The van der Waals surface area contributed by atoms with Crippen molar-refractivity contribution in [3.63, 3.8) is 0 Å². The lowest BCUT2D eigenvalue weighted by atomic mass is 10.2. The number of sulfone groups is 1. The molecule has 154 valence electrons. The van der Waals surface area contributed by atoms with Gasteiger partial charge < -0.3 is 15.2 Å². The zero-order valence-corrected chi connectivity index (χ0v) is 17.8. The van der Waals surface area contributed by atoms with E-state index in [0.29, 0.717) is 17.4 Å². The molecule has 0 unspecified atom stereocenters. The first kappa shape index (κ1) is 20.9. The van der Waals surface area contributed by atoms with E-state index in [0.717, 1.165) is 41.9 Å². The molecule has 0 saturated carbocycles. The molecule has 0 aliphatic heterocycles. The van der Waals surface area contributed by atoms with Gasteiger partial charge in [0.2, 0.25) is 0 Å². The molecule has 8 heteroatoms. The van der Waals surface area contributed by atoms with Gasteiger partial charge in [0.1, 0.15) is 5.82 Å². The number of benzene rings is 2. The van der Waals surface area contributed by atoms with Crippen molar-refractivity contribution in [2.24, 2.45) is 4.99 Å². The smallest absolute Gasteiger partial charge is 0.191 e. The molecule has 2 N–H and O–H groups in total. The van der Waals surface area contributed by atoms with Gasteiger partial charge in [0.15, 0.2) is 15.8 Å². The van der Waals surface area contributed by atoms with Gasteiger partial charge in [0.05, 0.1) is 15.9 Å². The molecule has 29 heavy (non-hydrogen) atoms. The Morgan fingerprint density at radius 2 is 1.83 bits per heavy atom. The van der Waals surface area contributed by atoms with Crippen LogP contribution in [0.4, 0.5) is 0 Å². The van der Waals surface area contributed by atoms with Gasteiger partial charge in [-0.05, 0) is 43.2 Å². The fourth-order valence-corrected chi connectivity index (χ4v) is 3.81. The normalized spacial score (nSPS) is 12.3. The number of aliphatic imine (C=N–C) groups is 1. The molecule has 7 nitrogen and oxygen atoms in total. The summed E-state index contributed by atoms with van der Waals surface area (Å²) in [6, 6.07) is 15.0. The van der Waals surface area contributed by atoms with Crippen molar-refractivity contribution in [1.82, 2.24) is 20.2 Å². The Balaban J connectivity index is 1.48. The van der Waals surface area contributed by atoms with Gasteiger partial charge in [-0.25, -0.2) is 13.4 Å². The van der Waals surface area contributed by atoms with E-state index in [2.05, 4.69) is 31.2 Å². The zero-order chi connectivity index (χ0) is 20.9. The fourth-order valence-electron chi connectivity index (χ4n) is 3.18. The molecular formula is C21H27N5O2S. The summed E-state index contributed by atoms with van der Waals surface area (Å²) < 4.78 is 25.3. The predicted molar refractivity (Wildman–Crippen MR) is 117 cm³/mol. The average Bonchev–Trinajstić information content (AvgIpc) is 3.02. The highest BCUT2D eigenvalue weighted by molar-refractivity contribution is 7.90. The molecule has 3 rings (SSSR count). The van der Waals surface area contributed by atoms with Crippen LogP contribution in [0, 0.1) is 6.92 Å². The van der Waals surface area contributed by atoms with Crippen molar-refractivity contribution >= 4 is 26.8 Å². The van der Waals surface area contributed by atoms with Crippen LogP contribution in [0.15, 0.2) is 58.4 Å². The van der Waals surface area contributed by atoms with E-state index in [9.17, 15) is 8.42 Å². The molecule has 1 heterocycles. The number of nitrogens with zero attached hydrogens (tertiary/aromatic N) is 3. The van der Waals surface area contributed by atoms with Crippen LogP contribution in [-0.4, -0.2) is 43.8 Å². The fraction of sp³-hybridized carbons (Fsp3) is 0.333. The first-order chi connectivity index (χ1) is 13.9. The van der Waals surface area contributed by atoms with E-state index in [1.165, 1.54) is 6.26 Å². The van der Waals surface area contributed by atoms with E-state index >= 15 is 0 Å². The highest BCUT2D eigenvalue weighted by Crippen LogP contribution is 2.15. The van der Waals surface area contributed by atoms with Gasteiger partial charge in [-0.1, -0.05) is 24.3 Å². The summed E-state index contributed by atoms with van der Waals surface area (Å²) in [4.78, 5) is 9.16. The third-order valence-corrected chi connectivity index (χ3v) is 5.86. The number of para-hydroxylation sites is 2. The Labute approximate surface area is 171 Å². The number of nitrogens with one attached hydrogen (secondary N) is 2. The van der Waals surface area contributed by atoms with Crippen molar-refractivity contribution in [1.29, 1.82) is 0 Å². The second-order valence-electron chi connectivity index (χ2n) is 6.92. The van der Waals surface area contributed by atoms with Gasteiger partial charge in [-0.3, -0.25) is 4.99 Å². The lowest BCUT2D eigenvalue weighted by Gasteiger charge is -2.13. The van der Waals surface area contributed by atoms with E-state index in [4.69, 9.17) is 0 Å². The molecule has 2 aromatic carbocycles. The monoisotopic (exact) mass is 413 g/mol. The molecule has 0 radical (unpaired) electrons. The first-order valence-electron chi connectivity index (χ1n) is 9.54. The predicted octanol–water partition coefficient (Wildman–Crippen LogP) is 2.50. The summed E-state index contributed by atoms with van der Waals surface area (Å²) in [6.45, 7) is 4.25. The summed E-state index contributed by atoms with van der Waals surface area (Å²) in [5, 5.41) is 6.56. The molecule has 0 atom stereocenters. The minimum atomic E-state index is -3.17. The number of hydrogen-bond donors (Lipinski definition) is 2. The number of aryl methyl sites for hydroxylation is 2. The Morgan fingerprint density at radius 1 is 1.10 bits per heavy atom. The van der Waals surface area contributed by atoms with E-state index < -0.39 is 9.84 Å². The van der Waals surface area contributed by atoms with Crippen molar-refractivity contribution in [2.45, 2.75) is 31.3 Å². The molecular weight excluding hydrogens is 386 g/mol. The molecule has 0 saturated heterocycles. The van der Waals surface area contributed by atoms with Crippen LogP contribution in [0.25, 0.3) is 11.0 Å². The highest BCUT2D eigenvalue weighted by Gasteiger charge is 2.07. The van der Waals surface area contributed by atoms with Crippen LogP contribution in [0.1, 0.15) is 17.8 Å². The Hall–Kier alpha value is -2.87. The second kappa shape index (κ2) is 9.09. The van der Waals surface area contributed by atoms with Gasteiger partial charge in [-0.15, -0.1) is 0 Å². The Bertz CT molecular complexity index is 1100. The van der Waals surface area contributed by atoms with Crippen LogP contribution in [0.5, 0.6) is 0 Å². The van der Waals surface area contributed by atoms with Crippen LogP contribution >= 0.6 is 0 Å². The van der Waals surface area contributed by atoms with E-state index in [1.54, 1.807) is 19.2 Å². The summed E-state index contributed by atoms with van der Waals surface area (Å²) in [5.74, 6) is 1.73. The third-order valence-electron chi connectivity index (χ3n) is 4.73. The Morgan fingerprint density at radius 3 is 2.52 bits per heavy atom. The summed E-state index contributed by atoms with van der Waals surface area (Å²) in [5.41, 5.74) is 3.17. The van der Waals surface area contributed by atoms with Gasteiger partial charge in [0.25, 0.3) is 0 Å². The maximum Gasteiger partial charge on any atom is 0.191 e. The Kier molecular flexibility index (Phi) is 6.53. The third kappa shape index (κ3) is 5.35. The maximum atomic E-state index is 11.5. The molecule has 1 aromatic heterocycles. The molecule has 0 aliphatic carbocycles. The topological polar surface area (TPSA) is 88.4 Å². The number of rotatable bonds is 7. The van der Waals surface area contributed by atoms with Crippen molar-refractivity contribution in [3.05, 3.63) is 59.9 Å². The van der Waals surface area contributed by atoms with E-state index in [1.807, 2.05) is 37.3 Å². The van der Waals surface area contributed by atoms with Crippen molar-refractivity contribution in [3.8, 4) is 0 Å². The second-order valence-corrected chi connectivity index (χ2v) is 8.94. The summed E-state index contributed by atoms with van der Waals surface area (Å²) >= 11 is 0.